The topological polar surface area (TPSA) is 69.2 Å². The lowest BCUT2D eigenvalue weighted by atomic mass is 10.1. The minimum absolute atomic E-state index is 0. The molecule has 0 bridgehead atoms. The van der Waals surface area contributed by atoms with Crippen molar-refractivity contribution in [2.24, 2.45) is 4.99 Å². The van der Waals surface area contributed by atoms with Crippen molar-refractivity contribution in [3.05, 3.63) is 35.9 Å². The zero-order valence-corrected chi connectivity index (χ0v) is 19.7. The number of nitrogens with one attached hydrogen (secondary N) is 2. The van der Waals surface area contributed by atoms with Gasteiger partial charge in [0.1, 0.15) is 0 Å². The lowest BCUT2D eigenvalue weighted by molar-refractivity contribution is 0.111. The zero-order valence-electron chi connectivity index (χ0n) is 17.4. The van der Waals surface area contributed by atoms with Gasteiger partial charge in [0.2, 0.25) is 0 Å². The predicted octanol–water partition coefficient (Wildman–Crippen LogP) is 2.52. The molecular weight excluding hydrogens is 469 g/mol. The number of carbonyl (C=O) groups excluding carboxylic acids is 1. The van der Waals surface area contributed by atoms with Crippen molar-refractivity contribution in [2.45, 2.75) is 38.4 Å². The number of piperidine rings is 1. The van der Waals surface area contributed by atoms with Crippen LogP contribution in [0.3, 0.4) is 0 Å². The second-order valence-corrected chi connectivity index (χ2v) is 7.08. The molecule has 1 unspecified atom stereocenters. The van der Waals surface area contributed by atoms with Gasteiger partial charge in [-0.3, -0.25) is 9.89 Å². The summed E-state index contributed by atoms with van der Waals surface area (Å²) < 4.78 is 4.78. The molecule has 0 radical (unpaired) electrons. The Morgan fingerprint density at radius 3 is 2.54 bits per heavy atom. The van der Waals surface area contributed by atoms with Gasteiger partial charge in [-0.15, -0.1) is 24.0 Å². The Hall–Kier alpha value is -1.55. The van der Waals surface area contributed by atoms with Gasteiger partial charge >= 0.3 is 6.09 Å². The van der Waals surface area contributed by atoms with Crippen LogP contribution < -0.4 is 10.6 Å². The number of likely N-dealkylation sites (tertiary alicyclic amines) is 1. The molecule has 2 rings (SSSR count). The summed E-state index contributed by atoms with van der Waals surface area (Å²) in [7, 11) is 5.35. The number of nitrogens with zero attached hydrogens (tertiary/aromatic N) is 3. The second-order valence-electron chi connectivity index (χ2n) is 7.08. The maximum Gasteiger partial charge on any atom is 0.409 e. The molecule has 158 valence electrons. The van der Waals surface area contributed by atoms with Crippen LogP contribution in [0.15, 0.2) is 35.3 Å². The summed E-state index contributed by atoms with van der Waals surface area (Å²) in [5, 5.41) is 6.89. The molecule has 0 aromatic heterocycles. The molecule has 1 aliphatic heterocycles. The molecule has 0 aliphatic carbocycles. The van der Waals surface area contributed by atoms with Crippen LogP contribution in [-0.4, -0.2) is 74.8 Å². The fourth-order valence-corrected chi connectivity index (χ4v) is 3.15. The molecule has 1 amide bonds. The minimum atomic E-state index is -0.244. The normalized spacial score (nSPS) is 16.3. The SMILES string of the molecule is CN=C(NCC(C)N(C)Cc1ccccc1)NC1CCN(C(=O)OC)CC1.I. The Morgan fingerprint density at radius 1 is 1.32 bits per heavy atom. The first-order valence-electron chi connectivity index (χ1n) is 9.57. The van der Waals surface area contributed by atoms with E-state index in [0.29, 0.717) is 25.2 Å². The van der Waals surface area contributed by atoms with Crippen molar-refractivity contribution in [1.82, 2.24) is 20.4 Å². The molecule has 28 heavy (non-hydrogen) atoms. The Morgan fingerprint density at radius 2 is 1.96 bits per heavy atom. The van der Waals surface area contributed by atoms with Gasteiger partial charge in [-0.2, -0.15) is 0 Å². The van der Waals surface area contributed by atoms with E-state index in [1.165, 1.54) is 12.7 Å². The van der Waals surface area contributed by atoms with E-state index >= 15 is 0 Å². The standard InChI is InChI=1S/C20H33N5O2.HI/c1-16(24(3)15-17-8-6-5-7-9-17)14-22-19(21-2)23-18-10-12-25(13-11-18)20(26)27-4;/h5-9,16,18H,10-15H2,1-4H3,(H2,21,22,23);1H. The third-order valence-corrected chi connectivity index (χ3v) is 5.08. The third-order valence-electron chi connectivity index (χ3n) is 5.08. The Kier molecular flexibility index (Phi) is 11.2. The van der Waals surface area contributed by atoms with Crippen molar-refractivity contribution in [1.29, 1.82) is 0 Å². The number of ether oxygens (including phenoxy) is 1. The molecule has 1 fully saturated rings. The van der Waals surface area contributed by atoms with Crippen LogP contribution in [0.2, 0.25) is 0 Å². The molecule has 8 heteroatoms. The highest BCUT2D eigenvalue weighted by atomic mass is 127. The summed E-state index contributed by atoms with van der Waals surface area (Å²) in [5.74, 6) is 0.812. The molecular formula is C20H34IN5O2. The van der Waals surface area contributed by atoms with E-state index in [-0.39, 0.29) is 30.1 Å². The summed E-state index contributed by atoms with van der Waals surface area (Å²) in [5.41, 5.74) is 1.31. The molecule has 1 aliphatic rings. The van der Waals surface area contributed by atoms with Crippen LogP contribution >= 0.6 is 24.0 Å². The average Bonchev–Trinajstić information content (AvgIpc) is 2.71. The number of halogens is 1. The van der Waals surface area contributed by atoms with E-state index in [4.69, 9.17) is 4.74 Å². The summed E-state index contributed by atoms with van der Waals surface area (Å²) in [6.07, 6.45) is 1.53. The first-order valence-corrected chi connectivity index (χ1v) is 9.57. The van der Waals surface area contributed by atoms with E-state index in [1.54, 1.807) is 11.9 Å². The van der Waals surface area contributed by atoms with Gasteiger partial charge < -0.3 is 20.3 Å². The van der Waals surface area contributed by atoms with E-state index in [1.807, 2.05) is 6.07 Å². The fraction of sp³-hybridized carbons (Fsp3) is 0.600. The number of methoxy groups -OCH3 is 1. The predicted molar refractivity (Wildman–Crippen MR) is 124 cm³/mol. The zero-order chi connectivity index (χ0) is 19.6. The number of hydrogen-bond acceptors (Lipinski definition) is 4. The summed E-state index contributed by atoms with van der Waals surface area (Å²) in [6, 6.07) is 11.2. The van der Waals surface area contributed by atoms with Gasteiger partial charge in [-0.25, -0.2) is 4.79 Å². The molecule has 1 aromatic rings. The van der Waals surface area contributed by atoms with Gasteiger partial charge in [0, 0.05) is 45.3 Å². The van der Waals surface area contributed by atoms with Crippen LogP contribution in [0.25, 0.3) is 0 Å². The van der Waals surface area contributed by atoms with Gasteiger partial charge in [-0.1, -0.05) is 30.3 Å². The molecule has 0 saturated carbocycles. The monoisotopic (exact) mass is 503 g/mol. The Balaban J connectivity index is 0.00000392. The molecule has 1 heterocycles. The first-order chi connectivity index (χ1) is 13.0. The number of carbonyl (C=O) groups is 1. The number of guanidine groups is 1. The number of amides is 1. The van der Waals surface area contributed by atoms with Gasteiger partial charge in [-0.05, 0) is 32.4 Å². The smallest absolute Gasteiger partial charge is 0.409 e. The second kappa shape index (κ2) is 12.8. The number of aliphatic imine (C=N–C) groups is 1. The number of benzene rings is 1. The lowest BCUT2D eigenvalue weighted by Gasteiger charge is -2.32. The summed E-state index contributed by atoms with van der Waals surface area (Å²) in [6.45, 7) is 5.35. The number of hydrogen-bond donors (Lipinski definition) is 2. The Labute approximate surface area is 185 Å². The van der Waals surface area contributed by atoms with E-state index in [2.05, 4.69) is 58.8 Å². The molecule has 0 spiro atoms. The van der Waals surface area contributed by atoms with Crippen molar-refractivity contribution < 1.29 is 9.53 Å². The van der Waals surface area contributed by atoms with Crippen LogP contribution in [0, 0.1) is 0 Å². The van der Waals surface area contributed by atoms with Crippen LogP contribution in [0.4, 0.5) is 4.79 Å². The molecule has 7 nitrogen and oxygen atoms in total. The maximum absolute atomic E-state index is 11.6. The summed E-state index contributed by atoms with van der Waals surface area (Å²) >= 11 is 0. The fourth-order valence-electron chi connectivity index (χ4n) is 3.15. The quantitative estimate of drug-likeness (QED) is 0.355. The lowest BCUT2D eigenvalue weighted by Crippen LogP contribution is -2.51. The Bertz CT molecular complexity index is 606. The van der Waals surface area contributed by atoms with Crippen LogP contribution in [0.1, 0.15) is 25.3 Å². The van der Waals surface area contributed by atoms with Crippen molar-refractivity contribution >= 4 is 36.0 Å². The van der Waals surface area contributed by atoms with Crippen molar-refractivity contribution in [3.8, 4) is 0 Å². The van der Waals surface area contributed by atoms with E-state index < -0.39 is 0 Å². The van der Waals surface area contributed by atoms with Gasteiger partial charge in [0.05, 0.1) is 7.11 Å². The van der Waals surface area contributed by atoms with E-state index in [9.17, 15) is 4.79 Å². The first kappa shape index (κ1) is 24.5. The third kappa shape index (κ3) is 7.83. The molecule has 2 N–H and O–H groups in total. The van der Waals surface area contributed by atoms with Crippen molar-refractivity contribution in [2.75, 3.05) is 40.8 Å². The van der Waals surface area contributed by atoms with Crippen LogP contribution in [-0.2, 0) is 11.3 Å². The summed E-state index contributed by atoms with van der Waals surface area (Å²) in [4.78, 5) is 20.0. The average molecular weight is 503 g/mol. The maximum atomic E-state index is 11.6. The number of rotatable bonds is 6. The highest BCUT2D eigenvalue weighted by Crippen LogP contribution is 2.11. The van der Waals surface area contributed by atoms with Gasteiger partial charge in [0.15, 0.2) is 5.96 Å². The van der Waals surface area contributed by atoms with Gasteiger partial charge in [0.25, 0.3) is 0 Å². The molecule has 1 atom stereocenters. The molecule has 1 aromatic carbocycles. The number of likely N-dealkylation sites (N-methyl/N-ethyl adjacent to an activating group) is 1. The molecule has 1 saturated heterocycles. The van der Waals surface area contributed by atoms with Crippen molar-refractivity contribution in [3.63, 3.8) is 0 Å². The van der Waals surface area contributed by atoms with Crippen LogP contribution in [0.5, 0.6) is 0 Å². The van der Waals surface area contributed by atoms with E-state index in [0.717, 1.165) is 31.9 Å². The largest absolute Gasteiger partial charge is 0.453 e. The highest BCUT2D eigenvalue weighted by Gasteiger charge is 2.23. The minimum Gasteiger partial charge on any atom is -0.453 e. The highest BCUT2D eigenvalue weighted by molar-refractivity contribution is 14.0.